The van der Waals surface area contributed by atoms with E-state index < -0.39 is 0 Å². The molecule has 0 radical (unpaired) electrons. The average molecular weight is 300 g/mol. The number of carbonyl (C=O) groups is 1. The lowest BCUT2D eigenvalue weighted by molar-refractivity contribution is 0.0694. The third kappa shape index (κ3) is 2.25. The van der Waals surface area contributed by atoms with Crippen LogP contribution in [0.1, 0.15) is 42.9 Å². The number of hydrogen-bond donors (Lipinski definition) is 1. The molecule has 0 aliphatic carbocycles. The Hall–Kier alpha value is -0.840. The van der Waals surface area contributed by atoms with Gasteiger partial charge >= 0.3 is 0 Å². The summed E-state index contributed by atoms with van der Waals surface area (Å²) in [5, 5.41) is 6.93. The van der Waals surface area contributed by atoms with Crippen molar-refractivity contribution >= 4 is 21.8 Å². The van der Waals surface area contributed by atoms with Gasteiger partial charge in [0.1, 0.15) is 0 Å². The van der Waals surface area contributed by atoms with Crippen molar-refractivity contribution in [2.45, 2.75) is 39.7 Å². The highest BCUT2D eigenvalue weighted by atomic mass is 79.9. The predicted octanol–water partition coefficient (Wildman–Crippen LogP) is 2.74. The number of rotatable bonds is 2. The number of H-pyrrole nitrogens is 1. The van der Waals surface area contributed by atoms with Crippen LogP contribution in [0.15, 0.2) is 4.47 Å². The molecular formula is C12H18BrN3O. The highest BCUT2D eigenvalue weighted by molar-refractivity contribution is 9.10. The quantitative estimate of drug-likeness (QED) is 0.913. The first-order chi connectivity index (χ1) is 8.02. The SMILES string of the molecule is Cc1[nH]nc(C(=O)N2CCC[C@H]2C(C)C)c1Br. The molecule has 17 heavy (non-hydrogen) atoms. The highest BCUT2D eigenvalue weighted by Crippen LogP contribution is 2.27. The number of halogens is 1. The fraction of sp³-hybridized carbons (Fsp3) is 0.667. The zero-order valence-corrected chi connectivity index (χ0v) is 12.0. The minimum Gasteiger partial charge on any atom is -0.334 e. The van der Waals surface area contributed by atoms with E-state index in [4.69, 9.17) is 0 Å². The van der Waals surface area contributed by atoms with Gasteiger partial charge in [0.2, 0.25) is 0 Å². The Kier molecular flexibility index (Phi) is 3.56. The van der Waals surface area contributed by atoms with E-state index in [1.54, 1.807) is 0 Å². The molecule has 2 rings (SSSR count). The summed E-state index contributed by atoms with van der Waals surface area (Å²) in [5.41, 5.74) is 1.41. The molecule has 1 atom stereocenters. The minimum atomic E-state index is 0.0393. The molecule has 1 saturated heterocycles. The van der Waals surface area contributed by atoms with Gasteiger partial charge in [-0.15, -0.1) is 0 Å². The first kappa shape index (κ1) is 12.6. The van der Waals surface area contributed by atoms with E-state index in [-0.39, 0.29) is 5.91 Å². The third-order valence-electron chi connectivity index (χ3n) is 3.40. The lowest BCUT2D eigenvalue weighted by Crippen LogP contribution is -2.38. The van der Waals surface area contributed by atoms with Crippen molar-refractivity contribution in [1.29, 1.82) is 0 Å². The van der Waals surface area contributed by atoms with Crippen LogP contribution in [-0.4, -0.2) is 33.6 Å². The van der Waals surface area contributed by atoms with Crippen molar-refractivity contribution in [1.82, 2.24) is 15.1 Å². The van der Waals surface area contributed by atoms with Gasteiger partial charge in [0.05, 0.1) is 4.47 Å². The molecule has 1 aromatic rings. The predicted molar refractivity (Wildman–Crippen MR) is 69.9 cm³/mol. The number of aromatic amines is 1. The van der Waals surface area contributed by atoms with Crippen LogP contribution < -0.4 is 0 Å². The molecule has 94 valence electrons. The molecule has 1 aliphatic rings. The summed E-state index contributed by atoms with van der Waals surface area (Å²) in [6, 6.07) is 0.353. The first-order valence-corrected chi connectivity index (χ1v) is 6.83. The third-order valence-corrected chi connectivity index (χ3v) is 4.38. The second-order valence-electron chi connectivity index (χ2n) is 4.96. The van der Waals surface area contributed by atoms with E-state index in [0.29, 0.717) is 17.7 Å². The molecule has 1 fully saturated rings. The minimum absolute atomic E-state index is 0.0393. The summed E-state index contributed by atoms with van der Waals surface area (Å²) < 4.78 is 0.789. The van der Waals surface area contributed by atoms with Crippen LogP contribution >= 0.6 is 15.9 Å². The maximum absolute atomic E-state index is 12.4. The topological polar surface area (TPSA) is 49.0 Å². The van der Waals surface area contributed by atoms with Gasteiger partial charge in [-0.3, -0.25) is 9.89 Å². The largest absolute Gasteiger partial charge is 0.334 e. The Morgan fingerprint density at radius 1 is 1.59 bits per heavy atom. The summed E-state index contributed by atoms with van der Waals surface area (Å²) in [6.07, 6.45) is 2.19. The molecule has 0 aromatic carbocycles. The maximum atomic E-state index is 12.4. The summed E-state index contributed by atoms with van der Waals surface area (Å²) in [6.45, 7) is 7.08. The molecule has 2 heterocycles. The van der Waals surface area contributed by atoms with Crippen LogP contribution in [0.2, 0.25) is 0 Å². The first-order valence-electron chi connectivity index (χ1n) is 6.03. The van der Waals surface area contributed by atoms with Crippen LogP contribution in [0.25, 0.3) is 0 Å². The van der Waals surface area contributed by atoms with E-state index in [0.717, 1.165) is 29.6 Å². The molecule has 0 unspecified atom stereocenters. The molecule has 1 aromatic heterocycles. The Morgan fingerprint density at radius 3 is 2.82 bits per heavy atom. The van der Waals surface area contributed by atoms with Crippen molar-refractivity contribution in [3.05, 3.63) is 15.9 Å². The van der Waals surface area contributed by atoms with E-state index >= 15 is 0 Å². The van der Waals surface area contributed by atoms with Crippen LogP contribution in [0.5, 0.6) is 0 Å². The Balaban J connectivity index is 2.23. The van der Waals surface area contributed by atoms with E-state index in [1.807, 2.05) is 11.8 Å². The van der Waals surface area contributed by atoms with Crippen molar-refractivity contribution < 1.29 is 4.79 Å². The molecule has 0 bridgehead atoms. The number of likely N-dealkylation sites (tertiary alicyclic amines) is 1. The fourth-order valence-corrected chi connectivity index (χ4v) is 2.78. The molecule has 5 heteroatoms. The number of carbonyl (C=O) groups excluding carboxylic acids is 1. The van der Waals surface area contributed by atoms with Crippen LogP contribution in [0.4, 0.5) is 0 Å². The van der Waals surface area contributed by atoms with Crippen molar-refractivity contribution in [2.24, 2.45) is 5.92 Å². The van der Waals surface area contributed by atoms with Gasteiger partial charge in [-0.05, 0) is 41.6 Å². The van der Waals surface area contributed by atoms with Gasteiger partial charge in [0.15, 0.2) is 5.69 Å². The number of aryl methyl sites for hydroxylation is 1. The van der Waals surface area contributed by atoms with E-state index in [2.05, 4.69) is 40.0 Å². The Bertz CT molecular complexity index is 427. The van der Waals surface area contributed by atoms with Crippen LogP contribution in [0.3, 0.4) is 0 Å². The number of amides is 1. The number of hydrogen-bond acceptors (Lipinski definition) is 2. The van der Waals surface area contributed by atoms with Crippen molar-refractivity contribution in [2.75, 3.05) is 6.54 Å². The van der Waals surface area contributed by atoms with Gasteiger partial charge in [0, 0.05) is 18.3 Å². The van der Waals surface area contributed by atoms with Gasteiger partial charge in [-0.25, -0.2) is 0 Å². The van der Waals surface area contributed by atoms with E-state index in [1.165, 1.54) is 0 Å². The summed E-state index contributed by atoms with van der Waals surface area (Å²) >= 11 is 3.41. The van der Waals surface area contributed by atoms with Crippen LogP contribution in [-0.2, 0) is 0 Å². The van der Waals surface area contributed by atoms with Gasteiger partial charge in [0.25, 0.3) is 5.91 Å². The monoisotopic (exact) mass is 299 g/mol. The molecule has 1 aliphatic heterocycles. The van der Waals surface area contributed by atoms with Gasteiger partial charge in [-0.2, -0.15) is 5.10 Å². The highest BCUT2D eigenvalue weighted by Gasteiger charge is 2.33. The molecular weight excluding hydrogens is 282 g/mol. The Morgan fingerprint density at radius 2 is 2.29 bits per heavy atom. The number of aromatic nitrogens is 2. The normalized spacial score (nSPS) is 20.3. The Labute approximate surface area is 110 Å². The summed E-state index contributed by atoms with van der Waals surface area (Å²) in [7, 11) is 0. The van der Waals surface area contributed by atoms with Crippen molar-refractivity contribution in [3.8, 4) is 0 Å². The smallest absolute Gasteiger partial charge is 0.275 e. The summed E-state index contributed by atoms with van der Waals surface area (Å²) in [4.78, 5) is 14.4. The molecule has 0 saturated carbocycles. The van der Waals surface area contributed by atoms with Crippen LogP contribution in [0, 0.1) is 12.8 Å². The zero-order chi connectivity index (χ0) is 12.6. The zero-order valence-electron chi connectivity index (χ0n) is 10.5. The lowest BCUT2D eigenvalue weighted by atomic mass is 10.0. The summed E-state index contributed by atoms with van der Waals surface area (Å²) in [5.74, 6) is 0.540. The fourth-order valence-electron chi connectivity index (χ4n) is 2.43. The number of nitrogens with one attached hydrogen (secondary N) is 1. The lowest BCUT2D eigenvalue weighted by Gasteiger charge is -2.27. The molecule has 0 spiro atoms. The van der Waals surface area contributed by atoms with E-state index in [9.17, 15) is 4.79 Å². The van der Waals surface area contributed by atoms with Gasteiger partial charge in [-0.1, -0.05) is 13.8 Å². The average Bonchev–Trinajstić information content (AvgIpc) is 2.87. The molecule has 1 N–H and O–H groups in total. The van der Waals surface area contributed by atoms with Gasteiger partial charge < -0.3 is 4.90 Å². The molecule has 4 nitrogen and oxygen atoms in total. The standard InChI is InChI=1S/C12H18BrN3O/c1-7(2)9-5-4-6-16(9)12(17)11-10(13)8(3)14-15-11/h7,9H,4-6H2,1-3H3,(H,14,15)/t9-/m0/s1. The number of nitrogens with zero attached hydrogens (tertiary/aromatic N) is 2. The maximum Gasteiger partial charge on any atom is 0.275 e. The molecule has 1 amide bonds. The second kappa shape index (κ2) is 4.80. The second-order valence-corrected chi connectivity index (χ2v) is 5.76. The van der Waals surface area contributed by atoms with Crippen molar-refractivity contribution in [3.63, 3.8) is 0 Å².